The molecule has 4 heteroatoms. The predicted molar refractivity (Wildman–Crippen MR) is 89.6 cm³/mol. The molecule has 2 aromatic carbocycles. The summed E-state index contributed by atoms with van der Waals surface area (Å²) in [7, 11) is 0. The summed E-state index contributed by atoms with van der Waals surface area (Å²) >= 11 is 0. The molecule has 0 unspecified atom stereocenters. The topological polar surface area (TPSA) is 17.1 Å². The van der Waals surface area contributed by atoms with Gasteiger partial charge in [-0.05, 0) is 30.2 Å². The summed E-state index contributed by atoms with van der Waals surface area (Å²) in [6, 6.07) is 14.6. The lowest BCUT2D eigenvalue weighted by Crippen LogP contribution is -2.22. The van der Waals surface area contributed by atoms with Crippen molar-refractivity contribution in [2.24, 2.45) is 0 Å². The van der Waals surface area contributed by atoms with Crippen LogP contribution in [-0.4, -0.2) is 5.78 Å². The number of carbonyl (C=O) groups excluding carboxylic acids is 1. The number of allylic oxidation sites excluding steroid dienone is 1. The Morgan fingerprint density at radius 3 is 2.04 bits per heavy atom. The molecule has 0 radical (unpaired) electrons. The SMILES string of the molecule is CC(=O)C[C@@](C)(/C=C/c1ccc(C(F)(F)F)cc1)c1ccccc1. The largest absolute Gasteiger partial charge is 0.416 e. The summed E-state index contributed by atoms with van der Waals surface area (Å²) < 4.78 is 37.8. The van der Waals surface area contributed by atoms with Crippen LogP contribution >= 0.6 is 0 Å². The van der Waals surface area contributed by atoms with Crippen LogP contribution in [0.4, 0.5) is 13.2 Å². The maximum Gasteiger partial charge on any atom is 0.416 e. The fourth-order valence-electron chi connectivity index (χ4n) is 2.66. The highest BCUT2D eigenvalue weighted by atomic mass is 19.4. The van der Waals surface area contributed by atoms with Gasteiger partial charge in [0.25, 0.3) is 0 Å². The number of carbonyl (C=O) groups is 1. The first kappa shape index (κ1) is 18.0. The Hall–Kier alpha value is -2.36. The molecule has 2 rings (SSSR count). The van der Waals surface area contributed by atoms with Crippen molar-refractivity contribution < 1.29 is 18.0 Å². The van der Waals surface area contributed by atoms with E-state index in [-0.39, 0.29) is 5.78 Å². The van der Waals surface area contributed by atoms with Crippen LogP contribution < -0.4 is 0 Å². The van der Waals surface area contributed by atoms with Gasteiger partial charge in [-0.25, -0.2) is 0 Å². The molecular weight excluding hydrogens is 313 g/mol. The zero-order chi connectivity index (χ0) is 17.8. The van der Waals surface area contributed by atoms with Crippen LogP contribution in [0, 0.1) is 0 Å². The third-order valence-corrected chi connectivity index (χ3v) is 3.93. The molecule has 24 heavy (non-hydrogen) atoms. The molecule has 2 aromatic rings. The third kappa shape index (κ3) is 4.57. The highest BCUT2D eigenvalue weighted by Gasteiger charge is 2.30. The maximum atomic E-state index is 12.6. The molecule has 0 aromatic heterocycles. The normalized spacial score (nSPS) is 14.5. The van der Waals surface area contributed by atoms with E-state index < -0.39 is 17.2 Å². The molecule has 0 bridgehead atoms. The molecule has 0 fully saturated rings. The molecule has 0 aliphatic heterocycles. The lowest BCUT2D eigenvalue weighted by molar-refractivity contribution is -0.137. The Labute approximate surface area is 139 Å². The number of Topliss-reactive ketones (excluding diaryl/α,β-unsaturated/α-hetero) is 1. The molecule has 1 nitrogen and oxygen atoms in total. The molecular formula is C20H19F3O. The summed E-state index contributed by atoms with van der Waals surface area (Å²) in [5.74, 6) is 0.0541. The van der Waals surface area contributed by atoms with Crippen LogP contribution in [0.25, 0.3) is 6.08 Å². The molecule has 0 N–H and O–H groups in total. The second-order valence-corrected chi connectivity index (χ2v) is 6.12. The predicted octanol–water partition coefficient (Wildman–Crippen LogP) is 5.66. The fraction of sp³-hybridized carbons (Fsp3) is 0.250. The van der Waals surface area contributed by atoms with Gasteiger partial charge in [0.1, 0.15) is 5.78 Å². The summed E-state index contributed by atoms with van der Waals surface area (Å²) in [5.41, 5.74) is 0.474. The minimum absolute atomic E-state index is 0.0541. The first-order valence-corrected chi connectivity index (χ1v) is 7.62. The van der Waals surface area contributed by atoms with E-state index in [1.165, 1.54) is 19.1 Å². The lowest BCUT2D eigenvalue weighted by atomic mass is 9.78. The molecule has 126 valence electrons. The Kier molecular flexibility index (Phi) is 5.27. The van der Waals surface area contributed by atoms with Crippen molar-refractivity contribution in [3.63, 3.8) is 0 Å². The number of ketones is 1. The van der Waals surface area contributed by atoms with Crippen molar-refractivity contribution in [3.8, 4) is 0 Å². The van der Waals surface area contributed by atoms with Crippen LogP contribution in [0.5, 0.6) is 0 Å². The molecule has 0 aliphatic rings. The summed E-state index contributed by atoms with van der Waals surface area (Å²) in [4.78, 5) is 11.6. The molecule has 0 heterocycles. The standard InChI is InChI=1S/C20H19F3O/c1-15(24)14-19(2,17-6-4-3-5-7-17)13-12-16-8-10-18(11-9-16)20(21,22)23/h3-13H,14H2,1-2H3/b13-12+/t19-/m1/s1. The van der Waals surface area contributed by atoms with Crippen LogP contribution in [-0.2, 0) is 16.4 Å². The van der Waals surface area contributed by atoms with Crippen molar-refractivity contribution in [2.45, 2.75) is 31.9 Å². The molecule has 0 spiro atoms. The summed E-state index contributed by atoms with van der Waals surface area (Å²) in [5, 5.41) is 0. The van der Waals surface area contributed by atoms with Crippen LogP contribution in [0.3, 0.4) is 0 Å². The van der Waals surface area contributed by atoms with Gasteiger partial charge >= 0.3 is 6.18 Å². The first-order chi connectivity index (χ1) is 11.2. The minimum Gasteiger partial charge on any atom is -0.300 e. The van der Waals surface area contributed by atoms with E-state index in [1.54, 1.807) is 6.08 Å². The number of alkyl halides is 3. The first-order valence-electron chi connectivity index (χ1n) is 7.62. The third-order valence-electron chi connectivity index (χ3n) is 3.93. The Bertz CT molecular complexity index is 715. The van der Waals surface area contributed by atoms with Crippen molar-refractivity contribution in [1.29, 1.82) is 0 Å². The van der Waals surface area contributed by atoms with E-state index >= 15 is 0 Å². The average molecular weight is 332 g/mol. The summed E-state index contributed by atoms with van der Waals surface area (Å²) in [6.07, 6.45) is -0.369. The fourth-order valence-corrected chi connectivity index (χ4v) is 2.66. The van der Waals surface area contributed by atoms with Gasteiger partial charge in [0.2, 0.25) is 0 Å². The average Bonchev–Trinajstić information content (AvgIpc) is 2.53. The summed E-state index contributed by atoms with van der Waals surface area (Å²) in [6.45, 7) is 3.48. The van der Waals surface area contributed by atoms with E-state index in [0.29, 0.717) is 12.0 Å². The van der Waals surface area contributed by atoms with Crippen LogP contribution in [0.1, 0.15) is 37.0 Å². The highest BCUT2D eigenvalue weighted by molar-refractivity contribution is 5.78. The number of rotatable bonds is 5. The van der Waals surface area contributed by atoms with Gasteiger partial charge in [0.15, 0.2) is 0 Å². The molecule has 0 amide bonds. The number of benzene rings is 2. The Morgan fingerprint density at radius 1 is 0.958 bits per heavy atom. The van der Waals surface area contributed by atoms with E-state index in [2.05, 4.69) is 0 Å². The van der Waals surface area contributed by atoms with Gasteiger partial charge in [-0.2, -0.15) is 13.2 Å². The second kappa shape index (κ2) is 7.04. The minimum atomic E-state index is -4.34. The van der Waals surface area contributed by atoms with Gasteiger partial charge in [-0.3, -0.25) is 4.79 Å². The number of hydrogen-bond donors (Lipinski definition) is 0. The van der Waals surface area contributed by atoms with E-state index in [1.807, 2.05) is 43.3 Å². The second-order valence-electron chi connectivity index (χ2n) is 6.12. The van der Waals surface area contributed by atoms with Crippen molar-refractivity contribution >= 4 is 11.9 Å². The van der Waals surface area contributed by atoms with E-state index in [0.717, 1.165) is 17.7 Å². The van der Waals surface area contributed by atoms with Gasteiger partial charge in [0.05, 0.1) is 5.56 Å². The van der Waals surface area contributed by atoms with Crippen molar-refractivity contribution in [3.05, 3.63) is 77.4 Å². The van der Waals surface area contributed by atoms with Gasteiger partial charge in [-0.1, -0.05) is 61.5 Å². The zero-order valence-electron chi connectivity index (χ0n) is 13.6. The van der Waals surface area contributed by atoms with Crippen LogP contribution in [0.2, 0.25) is 0 Å². The number of halogens is 3. The molecule has 0 saturated carbocycles. The van der Waals surface area contributed by atoms with Crippen molar-refractivity contribution in [2.75, 3.05) is 0 Å². The quantitative estimate of drug-likeness (QED) is 0.691. The van der Waals surface area contributed by atoms with Gasteiger partial charge < -0.3 is 0 Å². The highest BCUT2D eigenvalue weighted by Crippen LogP contribution is 2.32. The Morgan fingerprint density at radius 2 is 1.54 bits per heavy atom. The Balaban J connectivity index is 2.29. The van der Waals surface area contributed by atoms with Gasteiger partial charge in [0, 0.05) is 11.8 Å². The van der Waals surface area contributed by atoms with Crippen LogP contribution in [0.15, 0.2) is 60.7 Å². The zero-order valence-corrected chi connectivity index (χ0v) is 13.6. The number of hydrogen-bond acceptors (Lipinski definition) is 1. The smallest absolute Gasteiger partial charge is 0.300 e. The maximum absolute atomic E-state index is 12.6. The van der Waals surface area contributed by atoms with E-state index in [9.17, 15) is 18.0 Å². The van der Waals surface area contributed by atoms with Gasteiger partial charge in [-0.15, -0.1) is 0 Å². The molecule has 0 saturated heterocycles. The molecule has 1 atom stereocenters. The van der Waals surface area contributed by atoms with E-state index in [4.69, 9.17) is 0 Å². The van der Waals surface area contributed by atoms with Crippen molar-refractivity contribution in [1.82, 2.24) is 0 Å². The lowest BCUT2D eigenvalue weighted by Gasteiger charge is -2.25. The molecule has 0 aliphatic carbocycles. The monoisotopic (exact) mass is 332 g/mol.